The van der Waals surface area contributed by atoms with Crippen molar-refractivity contribution >= 4 is 5.96 Å². The minimum atomic E-state index is 0.574. The Morgan fingerprint density at radius 3 is 2.74 bits per heavy atom. The molecule has 2 N–H and O–H groups in total. The minimum Gasteiger partial charge on any atom is -0.383 e. The van der Waals surface area contributed by atoms with Crippen LogP contribution in [0.2, 0.25) is 0 Å². The maximum atomic E-state index is 5.18. The molecule has 0 saturated heterocycles. The predicted molar refractivity (Wildman–Crippen MR) is 124 cm³/mol. The normalized spacial score (nSPS) is 11.7. The minimum absolute atomic E-state index is 0.574. The van der Waals surface area contributed by atoms with Crippen molar-refractivity contribution in [3.63, 3.8) is 0 Å². The standard InChI is InChI=1S/C23H33N7O/c1-6-24-23(26-14-20-17(2)28-30(18(20)3)12-13-31-5)29(4)16-22-25-15-21(27-22)19-10-8-7-9-11-19/h7-11,15H,6,12-14,16H2,1-5H3,(H,24,26)(H,25,27). The summed E-state index contributed by atoms with van der Waals surface area (Å²) in [6.45, 7) is 9.58. The molecule has 0 atom stereocenters. The number of imidazole rings is 1. The van der Waals surface area contributed by atoms with Gasteiger partial charge in [-0.25, -0.2) is 9.98 Å². The van der Waals surface area contributed by atoms with Gasteiger partial charge in [0.2, 0.25) is 0 Å². The first-order chi connectivity index (χ1) is 15.0. The molecule has 31 heavy (non-hydrogen) atoms. The Hall–Kier alpha value is -3.13. The molecule has 0 aliphatic rings. The van der Waals surface area contributed by atoms with Crippen LogP contribution in [-0.4, -0.2) is 57.9 Å². The second-order valence-electron chi connectivity index (χ2n) is 7.50. The van der Waals surface area contributed by atoms with Gasteiger partial charge in [0.25, 0.3) is 0 Å². The van der Waals surface area contributed by atoms with Crippen LogP contribution in [0.15, 0.2) is 41.5 Å². The molecule has 0 aliphatic heterocycles. The van der Waals surface area contributed by atoms with Crippen molar-refractivity contribution in [3.05, 3.63) is 59.3 Å². The van der Waals surface area contributed by atoms with Gasteiger partial charge in [-0.05, 0) is 26.3 Å². The molecular weight excluding hydrogens is 390 g/mol. The van der Waals surface area contributed by atoms with Gasteiger partial charge in [-0.1, -0.05) is 30.3 Å². The number of nitrogens with zero attached hydrogens (tertiary/aromatic N) is 5. The highest BCUT2D eigenvalue weighted by Crippen LogP contribution is 2.17. The van der Waals surface area contributed by atoms with Crippen LogP contribution < -0.4 is 5.32 Å². The van der Waals surface area contributed by atoms with E-state index in [1.165, 1.54) is 0 Å². The van der Waals surface area contributed by atoms with Crippen LogP contribution in [0.25, 0.3) is 11.3 Å². The fourth-order valence-electron chi connectivity index (χ4n) is 3.49. The van der Waals surface area contributed by atoms with E-state index in [-0.39, 0.29) is 0 Å². The zero-order chi connectivity index (χ0) is 22.2. The van der Waals surface area contributed by atoms with Crippen molar-refractivity contribution in [3.8, 4) is 11.3 Å². The molecule has 0 spiro atoms. The average Bonchev–Trinajstić information content (AvgIpc) is 3.34. The number of H-pyrrole nitrogens is 1. The summed E-state index contributed by atoms with van der Waals surface area (Å²) in [5.74, 6) is 1.73. The van der Waals surface area contributed by atoms with Crippen LogP contribution in [0.5, 0.6) is 0 Å². The van der Waals surface area contributed by atoms with Crippen LogP contribution in [0.3, 0.4) is 0 Å². The van der Waals surface area contributed by atoms with E-state index >= 15 is 0 Å². The Labute approximate surface area is 184 Å². The van der Waals surface area contributed by atoms with Gasteiger partial charge in [-0.3, -0.25) is 4.68 Å². The maximum absolute atomic E-state index is 5.18. The number of aryl methyl sites for hydroxylation is 1. The fraction of sp³-hybridized carbons (Fsp3) is 0.435. The number of methoxy groups -OCH3 is 1. The molecule has 3 rings (SSSR count). The summed E-state index contributed by atoms with van der Waals surface area (Å²) in [7, 11) is 3.73. The third kappa shape index (κ3) is 5.73. The number of rotatable bonds is 9. The molecule has 166 valence electrons. The number of benzene rings is 1. The van der Waals surface area contributed by atoms with Crippen LogP contribution in [0.1, 0.15) is 29.7 Å². The molecule has 0 aliphatic carbocycles. The van der Waals surface area contributed by atoms with Crippen molar-refractivity contribution in [2.45, 2.75) is 40.4 Å². The Bertz CT molecular complexity index is 991. The maximum Gasteiger partial charge on any atom is 0.194 e. The lowest BCUT2D eigenvalue weighted by atomic mass is 10.2. The number of ether oxygens (including phenoxy) is 1. The highest BCUT2D eigenvalue weighted by atomic mass is 16.5. The van der Waals surface area contributed by atoms with E-state index in [9.17, 15) is 0 Å². The molecule has 2 aromatic heterocycles. The van der Waals surface area contributed by atoms with E-state index in [4.69, 9.17) is 9.73 Å². The molecule has 0 saturated carbocycles. The third-order valence-electron chi connectivity index (χ3n) is 5.22. The van der Waals surface area contributed by atoms with E-state index < -0.39 is 0 Å². The van der Waals surface area contributed by atoms with Gasteiger partial charge in [0.1, 0.15) is 5.82 Å². The second kappa shape index (κ2) is 10.8. The molecule has 0 radical (unpaired) electrons. The summed E-state index contributed by atoms with van der Waals surface area (Å²) in [5, 5.41) is 8.01. The number of aromatic amines is 1. The van der Waals surface area contributed by atoms with Gasteiger partial charge in [0.15, 0.2) is 5.96 Å². The third-order valence-corrected chi connectivity index (χ3v) is 5.22. The number of nitrogens with one attached hydrogen (secondary N) is 2. The quantitative estimate of drug-likeness (QED) is 0.408. The molecule has 8 nitrogen and oxygen atoms in total. The topological polar surface area (TPSA) is 83.4 Å². The molecule has 0 bridgehead atoms. The van der Waals surface area contributed by atoms with Gasteiger partial charge in [0.05, 0.1) is 43.8 Å². The number of aliphatic imine (C=N–C) groups is 1. The van der Waals surface area contributed by atoms with E-state index in [1.54, 1.807) is 7.11 Å². The van der Waals surface area contributed by atoms with Crippen LogP contribution in [-0.2, 0) is 24.4 Å². The Morgan fingerprint density at radius 2 is 2.03 bits per heavy atom. The number of guanidine groups is 1. The Balaban J connectivity index is 1.71. The lowest BCUT2D eigenvalue weighted by Crippen LogP contribution is -2.38. The highest BCUT2D eigenvalue weighted by molar-refractivity contribution is 5.79. The molecular formula is C23H33N7O. The van der Waals surface area contributed by atoms with Gasteiger partial charge in [-0.2, -0.15) is 5.10 Å². The Kier molecular flexibility index (Phi) is 7.83. The number of hydrogen-bond acceptors (Lipinski definition) is 4. The molecule has 3 aromatic rings. The van der Waals surface area contributed by atoms with E-state index in [0.717, 1.165) is 53.1 Å². The first-order valence-corrected chi connectivity index (χ1v) is 10.6. The second-order valence-corrected chi connectivity index (χ2v) is 7.50. The Morgan fingerprint density at radius 1 is 1.26 bits per heavy atom. The molecule has 2 heterocycles. The molecule has 8 heteroatoms. The smallest absolute Gasteiger partial charge is 0.194 e. The van der Waals surface area contributed by atoms with Crippen molar-refractivity contribution in [2.75, 3.05) is 27.3 Å². The highest BCUT2D eigenvalue weighted by Gasteiger charge is 2.13. The monoisotopic (exact) mass is 423 g/mol. The van der Waals surface area contributed by atoms with Crippen molar-refractivity contribution in [2.24, 2.45) is 4.99 Å². The van der Waals surface area contributed by atoms with Crippen LogP contribution in [0, 0.1) is 13.8 Å². The summed E-state index contributed by atoms with van der Waals surface area (Å²) in [6.07, 6.45) is 1.88. The lowest BCUT2D eigenvalue weighted by molar-refractivity contribution is 0.182. The number of hydrogen-bond donors (Lipinski definition) is 2. The van der Waals surface area contributed by atoms with Crippen molar-refractivity contribution < 1.29 is 4.74 Å². The van der Waals surface area contributed by atoms with Crippen molar-refractivity contribution in [1.82, 2.24) is 30.0 Å². The van der Waals surface area contributed by atoms with Gasteiger partial charge in [-0.15, -0.1) is 0 Å². The van der Waals surface area contributed by atoms with E-state index in [1.807, 2.05) is 43.0 Å². The van der Waals surface area contributed by atoms with E-state index in [0.29, 0.717) is 19.7 Å². The zero-order valence-electron chi connectivity index (χ0n) is 19.1. The summed E-state index contributed by atoms with van der Waals surface area (Å²) in [4.78, 5) is 14.9. The van der Waals surface area contributed by atoms with Crippen molar-refractivity contribution in [1.29, 1.82) is 0 Å². The summed E-state index contributed by atoms with van der Waals surface area (Å²) >= 11 is 0. The largest absolute Gasteiger partial charge is 0.383 e. The van der Waals surface area contributed by atoms with Gasteiger partial charge in [0, 0.05) is 32.0 Å². The first kappa shape index (κ1) is 22.6. The SMILES string of the molecule is CCNC(=NCc1c(C)nn(CCOC)c1C)N(C)Cc1ncc(-c2ccccc2)[nH]1. The number of aromatic nitrogens is 4. The van der Waals surface area contributed by atoms with Crippen LogP contribution >= 0.6 is 0 Å². The molecule has 0 fully saturated rings. The summed E-state index contributed by atoms with van der Waals surface area (Å²) < 4.78 is 7.18. The molecule has 0 unspecified atom stereocenters. The predicted octanol–water partition coefficient (Wildman–Crippen LogP) is 3.13. The lowest BCUT2D eigenvalue weighted by Gasteiger charge is -2.21. The van der Waals surface area contributed by atoms with Crippen LogP contribution in [0.4, 0.5) is 0 Å². The van der Waals surface area contributed by atoms with Gasteiger partial charge >= 0.3 is 0 Å². The summed E-state index contributed by atoms with van der Waals surface area (Å²) in [6, 6.07) is 10.2. The first-order valence-electron chi connectivity index (χ1n) is 10.6. The fourth-order valence-corrected chi connectivity index (χ4v) is 3.49. The van der Waals surface area contributed by atoms with E-state index in [2.05, 4.69) is 51.3 Å². The summed E-state index contributed by atoms with van der Waals surface area (Å²) in [5.41, 5.74) is 5.44. The zero-order valence-corrected chi connectivity index (χ0v) is 19.1. The van der Waals surface area contributed by atoms with Gasteiger partial charge < -0.3 is 19.9 Å². The average molecular weight is 424 g/mol. The molecule has 0 amide bonds. The molecule has 1 aromatic carbocycles.